The number of rotatable bonds is 7. The Morgan fingerprint density at radius 3 is 0.875 bits per heavy atom. The summed E-state index contributed by atoms with van der Waals surface area (Å²) in [5.74, 6) is -2.13. The van der Waals surface area contributed by atoms with Crippen molar-refractivity contribution < 1.29 is 30.0 Å². The second kappa shape index (κ2) is 11.5. The zero-order valence-corrected chi connectivity index (χ0v) is 27.5. The van der Waals surface area contributed by atoms with E-state index in [4.69, 9.17) is 0 Å². The Kier molecular flexibility index (Phi) is 9.75. The molecule has 0 heterocycles. The fourth-order valence-electron chi connectivity index (χ4n) is 4.42. The molecule has 0 aliphatic carbocycles. The molecule has 0 radical (unpaired) electrons. The highest BCUT2D eigenvalue weighted by Crippen LogP contribution is 2.46. The smallest absolute Gasteiger partial charge is 0.318 e. The first-order chi connectivity index (χ1) is 17.9. The summed E-state index contributed by atoms with van der Waals surface area (Å²) < 4.78 is 0. The van der Waals surface area contributed by atoms with Crippen LogP contribution in [0.15, 0.2) is 34.1 Å². The zero-order valence-electron chi connectivity index (χ0n) is 25.9. The molecule has 6 nitrogen and oxygen atoms in total. The monoisotopic (exact) mass is 590 g/mol. The van der Waals surface area contributed by atoms with Crippen LogP contribution in [0.25, 0.3) is 0 Å². The van der Waals surface area contributed by atoms with Crippen LogP contribution in [-0.2, 0) is 31.2 Å². The van der Waals surface area contributed by atoms with E-state index in [2.05, 4.69) is 0 Å². The highest BCUT2D eigenvalue weighted by molar-refractivity contribution is 8.04. The highest BCUT2D eigenvalue weighted by Gasteiger charge is 2.38. The number of aromatic hydroxyl groups is 2. The van der Waals surface area contributed by atoms with Crippen molar-refractivity contribution in [1.29, 1.82) is 0 Å². The molecule has 0 spiro atoms. The van der Waals surface area contributed by atoms with E-state index in [9.17, 15) is 30.0 Å². The molecule has 0 saturated heterocycles. The van der Waals surface area contributed by atoms with Crippen LogP contribution >= 0.6 is 23.5 Å². The predicted octanol–water partition coefficient (Wildman–Crippen LogP) is 8.08. The van der Waals surface area contributed by atoms with E-state index in [0.717, 1.165) is 23.5 Å². The lowest BCUT2D eigenvalue weighted by Gasteiger charge is -2.30. The number of carboxylic acid groups (broad SMARTS) is 2. The Labute approximate surface area is 248 Å². The third-order valence-electron chi connectivity index (χ3n) is 6.69. The molecule has 2 atom stereocenters. The van der Waals surface area contributed by atoms with E-state index < -0.39 is 44.1 Å². The van der Waals surface area contributed by atoms with E-state index >= 15 is 0 Å². The summed E-state index contributed by atoms with van der Waals surface area (Å²) in [6.45, 7) is 23.6. The fourth-order valence-corrected chi connectivity index (χ4v) is 6.76. The number of carboxylic acids is 2. The average molecular weight is 591 g/mol. The molecule has 0 saturated carbocycles. The van der Waals surface area contributed by atoms with Gasteiger partial charge >= 0.3 is 11.9 Å². The second-order valence-electron chi connectivity index (χ2n) is 14.5. The van der Waals surface area contributed by atoms with Crippen LogP contribution in [0.1, 0.15) is 105 Å². The summed E-state index contributed by atoms with van der Waals surface area (Å²) in [6, 6.07) is 7.07. The van der Waals surface area contributed by atoms with Crippen molar-refractivity contribution in [1.82, 2.24) is 0 Å². The van der Waals surface area contributed by atoms with Gasteiger partial charge in [0.2, 0.25) is 0 Å². The Morgan fingerprint density at radius 1 is 0.525 bits per heavy atom. The number of benzene rings is 2. The summed E-state index contributed by atoms with van der Waals surface area (Å²) in [7, 11) is 0. The van der Waals surface area contributed by atoms with E-state index in [1.807, 2.05) is 83.1 Å². The highest BCUT2D eigenvalue weighted by atomic mass is 32.2. The predicted molar refractivity (Wildman–Crippen MR) is 166 cm³/mol. The van der Waals surface area contributed by atoms with Crippen molar-refractivity contribution in [2.45, 2.75) is 125 Å². The van der Waals surface area contributed by atoms with Crippen molar-refractivity contribution in [3.05, 3.63) is 46.5 Å². The van der Waals surface area contributed by atoms with E-state index in [-0.39, 0.29) is 11.5 Å². The number of carbonyl (C=O) groups is 2. The van der Waals surface area contributed by atoms with Gasteiger partial charge in [-0.2, -0.15) is 0 Å². The number of aliphatic carboxylic acids is 2. The van der Waals surface area contributed by atoms with E-state index in [0.29, 0.717) is 32.0 Å². The number of hydrogen-bond acceptors (Lipinski definition) is 6. The quantitative estimate of drug-likeness (QED) is 0.239. The normalized spacial score (nSPS) is 14.6. The number of phenols is 2. The number of thioether (sulfide) groups is 2. The van der Waals surface area contributed by atoms with Gasteiger partial charge in [0.05, 0.1) is 0 Å². The van der Waals surface area contributed by atoms with Gasteiger partial charge in [-0.15, -0.1) is 23.5 Å². The van der Waals surface area contributed by atoms with Gasteiger partial charge in [-0.25, -0.2) is 0 Å². The Morgan fingerprint density at radius 2 is 0.725 bits per heavy atom. The van der Waals surface area contributed by atoms with Crippen molar-refractivity contribution in [3.8, 4) is 11.5 Å². The summed E-state index contributed by atoms with van der Waals surface area (Å²) in [4.78, 5) is 26.4. The molecule has 222 valence electrons. The molecule has 2 rings (SSSR count). The topological polar surface area (TPSA) is 115 Å². The van der Waals surface area contributed by atoms with Crippen LogP contribution in [0.5, 0.6) is 11.5 Å². The summed E-state index contributed by atoms with van der Waals surface area (Å²) in [6.07, 6.45) is 0. The maximum absolute atomic E-state index is 12.6. The molecular weight excluding hydrogens is 544 g/mol. The Hall–Kier alpha value is -2.32. The largest absolute Gasteiger partial charge is 0.507 e. The van der Waals surface area contributed by atoms with Gasteiger partial charge in [-0.05, 0) is 45.9 Å². The van der Waals surface area contributed by atoms with E-state index in [1.54, 1.807) is 24.3 Å². The zero-order chi connectivity index (χ0) is 31.2. The summed E-state index contributed by atoms with van der Waals surface area (Å²) >= 11 is 1.97. The Balaban J connectivity index is 2.68. The molecule has 2 aromatic rings. The average Bonchev–Trinajstić information content (AvgIpc) is 2.74. The molecule has 0 amide bonds. The SMILES string of the molecule is CC(C)(C)c1cc(SC(C(=O)O)C(Sc2cc(C(C)(C)C)c(O)c(C(C)(C)C)c2)C(=O)O)cc(C(C)(C)C)c1O. The second-order valence-corrected chi connectivity index (χ2v) is 16.9. The first-order valence-corrected chi connectivity index (χ1v) is 15.2. The maximum Gasteiger partial charge on any atom is 0.318 e. The van der Waals surface area contributed by atoms with Gasteiger partial charge in [0.1, 0.15) is 22.0 Å². The third-order valence-corrected chi connectivity index (χ3v) is 9.33. The van der Waals surface area contributed by atoms with Crippen LogP contribution < -0.4 is 0 Å². The van der Waals surface area contributed by atoms with Crippen molar-refractivity contribution in [3.63, 3.8) is 0 Å². The van der Waals surface area contributed by atoms with Crippen LogP contribution in [-0.4, -0.2) is 42.9 Å². The third kappa shape index (κ3) is 7.90. The van der Waals surface area contributed by atoms with Crippen LogP contribution in [0.3, 0.4) is 0 Å². The molecule has 8 heteroatoms. The van der Waals surface area contributed by atoms with Gasteiger partial charge in [0, 0.05) is 32.0 Å². The molecule has 0 fully saturated rings. The fraction of sp³-hybridized carbons (Fsp3) is 0.562. The molecular formula is C32H46O6S2. The van der Waals surface area contributed by atoms with E-state index in [1.165, 1.54) is 0 Å². The summed E-state index contributed by atoms with van der Waals surface area (Å²) in [5.41, 5.74) is 1.03. The summed E-state index contributed by atoms with van der Waals surface area (Å²) in [5, 5.41) is 40.1. The molecule has 0 aromatic heterocycles. The molecule has 2 aromatic carbocycles. The lowest BCUT2D eigenvalue weighted by atomic mass is 9.79. The number of phenolic OH excluding ortho intramolecular Hbond substituents is 2. The van der Waals surface area contributed by atoms with Gasteiger partial charge < -0.3 is 20.4 Å². The van der Waals surface area contributed by atoms with Crippen LogP contribution in [0, 0.1) is 0 Å². The molecule has 2 unspecified atom stereocenters. The van der Waals surface area contributed by atoms with Gasteiger partial charge in [-0.3, -0.25) is 9.59 Å². The lowest BCUT2D eigenvalue weighted by molar-refractivity contribution is -0.142. The standard InChI is InChI=1S/C32H46O6S2/c1-29(2,3)19-13-17(14-20(23(19)33)30(4,5)6)39-25(27(35)36)26(28(37)38)40-18-15-21(31(7,8)9)24(34)22(16-18)32(10,11)12/h13-16,25-26,33-34H,1-12H3,(H,35,36)(H,37,38). The number of hydrogen-bond donors (Lipinski definition) is 4. The van der Waals surface area contributed by atoms with Gasteiger partial charge in [0.25, 0.3) is 0 Å². The van der Waals surface area contributed by atoms with Crippen LogP contribution in [0.4, 0.5) is 0 Å². The minimum absolute atomic E-state index is 0.175. The minimum Gasteiger partial charge on any atom is -0.507 e. The minimum atomic E-state index is -1.32. The van der Waals surface area contributed by atoms with Gasteiger partial charge in [-0.1, -0.05) is 83.1 Å². The molecule has 0 bridgehead atoms. The first kappa shape index (κ1) is 33.9. The lowest BCUT2D eigenvalue weighted by Crippen LogP contribution is -2.35. The van der Waals surface area contributed by atoms with Crippen molar-refractivity contribution in [2.24, 2.45) is 0 Å². The van der Waals surface area contributed by atoms with Gasteiger partial charge in [0.15, 0.2) is 0 Å². The molecule has 0 aliphatic heterocycles. The van der Waals surface area contributed by atoms with Crippen molar-refractivity contribution in [2.75, 3.05) is 0 Å². The first-order valence-electron chi connectivity index (χ1n) is 13.4. The maximum atomic E-state index is 12.6. The van der Waals surface area contributed by atoms with Crippen molar-refractivity contribution >= 4 is 35.5 Å². The Bertz CT molecular complexity index is 1100. The molecule has 4 N–H and O–H groups in total. The molecule has 0 aliphatic rings. The molecule has 40 heavy (non-hydrogen) atoms. The van der Waals surface area contributed by atoms with Crippen LogP contribution in [0.2, 0.25) is 0 Å².